The molecule has 4 heteroatoms. The third-order valence-corrected chi connectivity index (χ3v) is 0.827. The number of alkyl halides is 2. The molecule has 0 aliphatic heterocycles. The van der Waals surface area contributed by atoms with Gasteiger partial charge in [-0.05, 0) is 7.05 Å². The van der Waals surface area contributed by atoms with Gasteiger partial charge in [-0.15, -0.1) is 0 Å². The lowest BCUT2D eigenvalue weighted by Crippen LogP contribution is -2.32. The largest absolute Gasteiger partial charge is 0.313 e. The summed E-state index contributed by atoms with van der Waals surface area (Å²) in [6.45, 7) is 0.316. The Hall–Kier alpha value is -0.510. The first-order valence-corrected chi connectivity index (χ1v) is 2.54. The number of halogens is 2. The molecule has 0 amide bonds. The minimum Gasteiger partial charge on any atom is -0.313 e. The second kappa shape index (κ2) is 2.87. The first-order valence-electron chi connectivity index (χ1n) is 2.54. The van der Waals surface area contributed by atoms with Crippen molar-refractivity contribution in [3.8, 4) is 0 Å². The van der Waals surface area contributed by atoms with Crippen molar-refractivity contribution in [2.45, 2.75) is 12.8 Å². The van der Waals surface area contributed by atoms with Crippen LogP contribution in [-0.4, -0.2) is 25.3 Å². The lowest BCUT2D eigenvalue weighted by Gasteiger charge is -2.06. The van der Waals surface area contributed by atoms with E-state index in [1.165, 1.54) is 7.05 Å². The number of hydrogen-bond acceptors (Lipinski definition) is 2. The molecule has 0 saturated heterocycles. The molecule has 0 atom stereocenters. The molecule has 2 nitrogen and oxygen atoms in total. The minimum atomic E-state index is -3.19. The van der Waals surface area contributed by atoms with Crippen LogP contribution in [0.1, 0.15) is 6.92 Å². The topological polar surface area (TPSA) is 29.1 Å². The Balaban J connectivity index is 3.74. The Labute approximate surface area is 52.2 Å². The molecule has 0 rings (SSSR count). The maximum Gasteiger partial charge on any atom is 0.303 e. The SMILES string of the molecule is CNCC(=O)C(C)(F)F. The Morgan fingerprint density at radius 1 is 1.67 bits per heavy atom. The molecule has 0 saturated carbocycles. The Bertz CT molecular complexity index is 108. The maximum absolute atomic E-state index is 11.9. The van der Waals surface area contributed by atoms with Gasteiger partial charge in [0.15, 0.2) is 0 Å². The highest BCUT2D eigenvalue weighted by Gasteiger charge is 2.30. The smallest absolute Gasteiger partial charge is 0.303 e. The zero-order valence-corrected chi connectivity index (χ0v) is 5.37. The van der Waals surface area contributed by atoms with E-state index < -0.39 is 11.7 Å². The molecule has 0 spiro atoms. The molecule has 0 aromatic rings. The number of carbonyl (C=O) groups is 1. The molecule has 0 aromatic carbocycles. The molecular weight excluding hydrogens is 128 g/mol. The fraction of sp³-hybridized carbons (Fsp3) is 0.800. The quantitative estimate of drug-likeness (QED) is 0.611. The van der Waals surface area contributed by atoms with Crippen LogP contribution in [0.25, 0.3) is 0 Å². The molecule has 0 bridgehead atoms. The zero-order valence-electron chi connectivity index (χ0n) is 5.37. The summed E-state index contributed by atoms with van der Waals surface area (Å²) in [6, 6.07) is 0. The van der Waals surface area contributed by atoms with Gasteiger partial charge in [-0.3, -0.25) is 4.79 Å². The molecule has 0 aliphatic carbocycles. The molecule has 9 heavy (non-hydrogen) atoms. The number of ketones is 1. The fourth-order valence-corrected chi connectivity index (χ4v) is 0.316. The summed E-state index contributed by atoms with van der Waals surface area (Å²) in [7, 11) is 1.45. The summed E-state index contributed by atoms with van der Waals surface area (Å²) in [5.41, 5.74) is 0. The van der Waals surface area contributed by atoms with Crippen LogP contribution in [-0.2, 0) is 4.79 Å². The van der Waals surface area contributed by atoms with Crippen molar-refractivity contribution >= 4 is 5.78 Å². The summed E-state index contributed by atoms with van der Waals surface area (Å²) in [6.07, 6.45) is 0. The average Bonchev–Trinajstić information content (AvgIpc) is 1.64. The molecule has 0 unspecified atom stereocenters. The van der Waals surface area contributed by atoms with Crippen molar-refractivity contribution in [3.05, 3.63) is 0 Å². The van der Waals surface area contributed by atoms with Crippen molar-refractivity contribution in [2.75, 3.05) is 13.6 Å². The van der Waals surface area contributed by atoms with Crippen molar-refractivity contribution < 1.29 is 13.6 Å². The first-order chi connectivity index (χ1) is 3.98. The van der Waals surface area contributed by atoms with E-state index in [1.807, 2.05) is 0 Å². The molecule has 0 radical (unpaired) electrons. The normalized spacial score (nSPS) is 11.6. The van der Waals surface area contributed by atoms with Crippen LogP contribution in [0, 0.1) is 0 Å². The Morgan fingerprint density at radius 3 is 2.22 bits per heavy atom. The van der Waals surface area contributed by atoms with E-state index in [9.17, 15) is 13.6 Å². The van der Waals surface area contributed by atoms with Crippen molar-refractivity contribution in [3.63, 3.8) is 0 Å². The van der Waals surface area contributed by atoms with Gasteiger partial charge < -0.3 is 5.32 Å². The monoisotopic (exact) mass is 137 g/mol. The lowest BCUT2D eigenvalue weighted by atomic mass is 10.2. The van der Waals surface area contributed by atoms with Crippen LogP contribution >= 0.6 is 0 Å². The number of rotatable bonds is 3. The number of carbonyl (C=O) groups excluding carboxylic acids is 1. The fourth-order valence-electron chi connectivity index (χ4n) is 0.316. The number of hydrogen-bond donors (Lipinski definition) is 1. The lowest BCUT2D eigenvalue weighted by molar-refractivity contribution is -0.139. The summed E-state index contributed by atoms with van der Waals surface area (Å²) in [4.78, 5) is 10.3. The molecule has 1 N–H and O–H groups in total. The zero-order chi connectivity index (χ0) is 7.49. The van der Waals surface area contributed by atoms with Gasteiger partial charge in [0.2, 0.25) is 5.78 Å². The van der Waals surface area contributed by atoms with Crippen LogP contribution in [0.2, 0.25) is 0 Å². The molecular formula is C5H9F2NO. The van der Waals surface area contributed by atoms with Crippen LogP contribution in [0.5, 0.6) is 0 Å². The van der Waals surface area contributed by atoms with Gasteiger partial charge in [0, 0.05) is 6.92 Å². The van der Waals surface area contributed by atoms with Crippen molar-refractivity contribution in [1.82, 2.24) is 5.32 Å². The van der Waals surface area contributed by atoms with Crippen LogP contribution in [0.4, 0.5) is 8.78 Å². The van der Waals surface area contributed by atoms with E-state index in [2.05, 4.69) is 5.32 Å². The third kappa shape index (κ3) is 3.13. The molecule has 0 fully saturated rings. The highest BCUT2D eigenvalue weighted by atomic mass is 19.3. The number of likely N-dealkylation sites (N-methyl/N-ethyl adjacent to an activating group) is 1. The van der Waals surface area contributed by atoms with Crippen LogP contribution in [0.3, 0.4) is 0 Å². The first kappa shape index (κ1) is 8.49. The highest BCUT2D eigenvalue weighted by molar-refractivity contribution is 5.86. The van der Waals surface area contributed by atoms with Gasteiger partial charge in [0.25, 0.3) is 0 Å². The van der Waals surface area contributed by atoms with Gasteiger partial charge in [0.1, 0.15) is 0 Å². The summed E-state index contributed by atoms with van der Waals surface area (Å²) < 4.78 is 23.8. The van der Waals surface area contributed by atoms with Gasteiger partial charge in [-0.1, -0.05) is 0 Å². The van der Waals surface area contributed by atoms with E-state index in [1.54, 1.807) is 0 Å². The summed E-state index contributed by atoms with van der Waals surface area (Å²) in [5, 5.41) is 2.34. The van der Waals surface area contributed by atoms with Gasteiger partial charge in [0.05, 0.1) is 6.54 Å². The van der Waals surface area contributed by atoms with E-state index in [4.69, 9.17) is 0 Å². The predicted octanol–water partition coefficient (Wildman–Crippen LogP) is 0.430. The predicted molar refractivity (Wildman–Crippen MR) is 29.6 cm³/mol. The third-order valence-electron chi connectivity index (χ3n) is 0.827. The van der Waals surface area contributed by atoms with Gasteiger partial charge in [-0.25, -0.2) is 0 Å². The highest BCUT2D eigenvalue weighted by Crippen LogP contribution is 2.11. The standard InChI is InChI=1S/C5H9F2NO/c1-5(6,7)4(9)3-8-2/h8H,3H2,1-2H3. The maximum atomic E-state index is 11.9. The molecule has 0 aromatic heterocycles. The average molecular weight is 137 g/mol. The second-order valence-corrected chi connectivity index (χ2v) is 1.84. The Morgan fingerprint density at radius 2 is 2.11 bits per heavy atom. The van der Waals surface area contributed by atoms with Gasteiger partial charge >= 0.3 is 5.92 Å². The van der Waals surface area contributed by atoms with Crippen LogP contribution in [0.15, 0.2) is 0 Å². The molecule has 54 valence electrons. The van der Waals surface area contributed by atoms with E-state index in [0.29, 0.717) is 6.92 Å². The van der Waals surface area contributed by atoms with E-state index >= 15 is 0 Å². The summed E-state index contributed by atoms with van der Waals surface area (Å²) >= 11 is 0. The van der Waals surface area contributed by atoms with E-state index in [-0.39, 0.29) is 6.54 Å². The minimum absolute atomic E-state index is 0.274. The molecule has 0 heterocycles. The van der Waals surface area contributed by atoms with Gasteiger partial charge in [-0.2, -0.15) is 8.78 Å². The summed E-state index contributed by atoms with van der Waals surface area (Å²) in [5.74, 6) is -4.27. The Kier molecular flexibility index (Phi) is 2.70. The number of nitrogens with one attached hydrogen (secondary N) is 1. The molecule has 0 aliphatic rings. The van der Waals surface area contributed by atoms with Crippen molar-refractivity contribution in [2.24, 2.45) is 0 Å². The van der Waals surface area contributed by atoms with E-state index in [0.717, 1.165) is 0 Å². The number of Topliss-reactive ketones (excluding diaryl/α,β-unsaturated/α-hetero) is 1. The van der Waals surface area contributed by atoms with Crippen LogP contribution < -0.4 is 5.32 Å². The van der Waals surface area contributed by atoms with Crippen molar-refractivity contribution in [1.29, 1.82) is 0 Å². The second-order valence-electron chi connectivity index (χ2n) is 1.84.